The predicted octanol–water partition coefficient (Wildman–Crippen LogP) is 0.518. The summed E-state index contributed by atoms with van der Waals surface area (Å²) >= 11 is 0. The van der Waals surface area contributed by atoms with E-state index in [0.717, 1.165) is 6.42 Å². The van der Waals surface area contributed by atoms with Gasteiger partial charge in [0.1, 0.15) is 0 Å². The molecule has 5 heteroatoms. The molecule has 0 aliphatic rings. The van der Waals surface area contributed by atoms with Gasteiger partial charge in [-0.05, 0) is 6.42 Å². The average molecular weight is 169 g/mol. The monoisotopic (exact) mass is 169 g/mol. The van der Waals surface area contributed by atoms with Crippen molar-refractivity contribution in [3.63, 3.8) is 0 Å². The van der Waals surface area contributed by atoms with Gasteiger partial charge in [0, 0.05) is 13.5 Å². The fourth-order valence-electron chi connectivity index (χ4n) is 0.709. The summed E-state index contributed by atoms with van der Waals surface area (Å²) in [5.74, 6) is 0.214. The third-order valence-corrected chi connectivity index (χ3v) is 1.27. The van der Waals surface area contributed by atoms with Crippen molar-refractivity contribution in [2.75, 3.05) is 6.54 Å². The van der Waals surface area contributed by atoms with Crippen LogP contribution in [0.25, 0.3) is 0 Å². The number of nitrogens with one attached hydrogen (secondary N) is 1. The molecule has 0 atom stereocenters. The summed E-state index contributed by atoms with van der Waals surface area (Å²) in [5.41, 5.74) is 0. The first-order valence-corrected chi connectivity index (χ1v) is 3.82. The van der Waals surface area contributed by atoms with E-state index in [0.29, 0.717) is 12.4 Å². The molecule has 0 saturated heterocycles. The summed E-state index contributed by atoms with van der Waals surface area (Å²) < 4.78 is 4.64. The normalized spacial score (nSPS) is 9.83. The second kappa shape index (κ2) is 3.85. The number of amides is 1. The maximum atomic E-state index is 11.1. The van der Waals surface area contributed by atoms with Crippen molar-refractivity contribution in [3.8, 4) is 0 Å². The van der Waals surface area contributed by atoms with E-state index in [1.54, 1.807) is 6.92 Å². The molecule has 0 aliphatic heterocycles. The van der Waals surface area contributed by atoms with Gasteiger partial charge in [0.15, 0.2) is 0 Å². The molecule has 1 aromatic rings. The van der Waals surface area contributed by atoms with E-state index >= 15 is 0 Å². The fourth-order valence-corrected chi connectivity index (χ4v) is 0.709. The molecule has 0 aromatic carbocycles. The molecule has 1 rings (SSSR count). The van der Waals surface area contributed by atoms with Crippen LogP contribution in [0.2, 0.25) is 0 Å². The average Bonchev–Trinajstić information content (AvgIpc) is 2.47. The predicted molar refractivity (Wildman–Crippen MR) is 41.7 cm³/mol. The first kappa shape index (κ1) is 8.70. The Kier molecular flexibility index (Phi) is 2.79. The highest BCUT2D eigenvalue weighted by Gasteiger charge is 2.10. The van der Waals surface area contributed by atoms with Gasteiger partial charge in [-0.1, -0.05) is 12.1 Å². The van der Waals surface area contributed by atoms with Crippen molar-refractivity contribution in [1.29, 1.82) is 0 Å². The van der Waals surface area contributed by atoms with E-state index in [-0.39, 0.29) is 11.7 Å². The number of carbonyl (C=O) groups excluding carboxylic acids is 1. The quantitative estimate of drug-likeness (QED) is 0.716. The highest BCUT2D eigenvalue weighted by Crippen LogP contribution is 1.93. The number of rotatable bonds is 3. The fraction of sp³-hybridized carbons (Fsp3) is 0.571. The maximum absolute atomic E-state index is 11.1. The first-order valence-electron chi connectivity index (χ1n) is 3.82. The van der Waals surface area contributed by atoms with Gasteiger partial charge in [-0.15, -0.1) is 0 Å². The Morgan fingerprint density at radius 1 is 1.67 bits per heavy atom. The number of nitrogens with zero attached hydrogens (tertiary/aromatic N) is 2. The molecule has 0 aliphatic carbocycles. The molecule has 1 aromatic heterocycles. The van der Waals surface area contributed by atoms with Crippen LogP contribution in [0, 0.1) is 6.92 Å². The molecule has 0 unspecified atom stereocenters. The van der Waals surface area contributed by atoms with Crippen molar-refractivity contribution in [2.24, 2.45) is 0 Å². The van der Waals surface area contributed by atoms with Crippen molar-refractivity contribution in [2.45, 2.75) is 20.3 Å². The Hall–Kier alpha value is -1.39. The van der Waals surface area contributed by atoms with Crippen LogP contribution in [0.1, 0.15) is 29.9 Å². The van der Waals surface area contributed by atoms with Crippen LogP contribution in [-0.2, 0) is 0 Å². The van der Waals surface area contributed by atoms with Crippen LogP contribution >= 0.6 is 0 Å². The lowest BCUT2D eigenvalue weighted by Crippen LogP contribution is -2.25. The molecular formula is C7H11N3O2. The molecule has 0 radical (unpaired) electrons. The highest BCUT2D eigenvalue weighted by molar-refractivity contribution is 5.90. The van der Waals surface area contributed by atoms with Gasteiger partial charge in [-0.2, -0.15) is 4.98 Å². The van der Waals surface area contributed by atoms with E-state index in [4.69, 9.17) is 0 Å². The molecule has 1 N–H and O–H groups in total. The minimum Gasteiger partial charge on any atom is -0.349 e. The summed E-state index contributed by atoms with van der Waals surface area (Å²) in [6.45, 7) is 4.25. The van der Waals surface area contributed by atoms with Crippen LogP contribution in [0.3, 0.4) is 0 Å². The molecular weight excluding hydrogens is 158 g/mol. The van der Waals surface area contributed by atoms with Crippen LogP contribution in [-0.4, -0.2) is 22.6 Å². The standard InChI is InChI=1S/C7H11N3O2/c1-3-4-8-7(11)6-9-5(2)12-10-6/h3-4H2,1-2H3,(H,8,11). The molecule has 5 nitrogen and oxygen atoms in total. The number of hydrogen-bond donors (Lipinski definition) is 1. The second-order valence-electron chi connectivity index (χ2n) is 2.39. The molecule has 1 heterocycles. The molecule has 1 amide bonds. The lowest BCUT2D eigenvalue weighted by molar-refractivity contribution is 0.0940. The van der Waals surface area contributed by atoms with Crippen LogP contribution in [0.5, 0.6) is 0 Å². The summed E-state index contributed by atoms with van der Waals surface area (Å²) in [4.78, 5) is 14.9. The third kappa shape index (κ3) is 2.05. The molecule has 66 valence electrons. The van der Waals surface area contributed by atoms with E-state index in [1.165, 1.54) is 0 Å². The number of hydrogen-bond acceptors (Lipinski definition) is 4. The Bertz CT molecular complexity index is 269. The van der Waals surface area contributed by atoms with Gasteiger partial charge in [0.05, 0.1) is 0 Å². The van der Waals surface area contributed by atoms with Crippen LogP contribution in [0.4, 0.5) is 0 Å². The Balaban J connectivity index is 2.53. The molecule has 12 heavy (non-hydrogen) atoms. The number of carbonyl (C=O) groups is 1. The maximum Gasteiger partial charge on any atom is 0.292 e. The Morgan fingerprint density at radius 2 is 2.42 bits per heavy atom. The summed E-state index contributed by atoms with van der Waals surface area (Å²) in [6, 6.07) is 0. The number of aryl methyl sites for hydroxylation is 1. The van der Waals surface area contributed by atoms with Crippen LogP contribution < -0.4 is 5.32 Å². The first-order chi connectivity index (χ1) is 5.74. The van der Waals surface area contributed by atoms with E-state index in [1.807, 2.05) is 6.92 Å². The van der Waals surface area contributed by atoms with Crippen molar-refractivity contribution in [1.82, 2.24) is 15.5 Å². The summed E-state index contributed by atoms with van der Waals surface area (Å²) in [6.07, 6.45) is 0.891. The summed E-state index contributed by atoms with van der Waals surface area (Å²) in [5, 5.41) is 6.11. The Labute approximate surface area is 70.2 Å². The van der Waals surface area contributed by atoms with Crippen molar-refractivity contribution >= 4 is 5.91 Å². The Morgan fingerprint density at radius 3 is 2.92 bits per heavy atom. The lowest BCUT2D eigenvalue weighted by Gasteiger charge is -1.96. The molecule has 0 fully saturated rings. The van der Waals surface area contributed by atoms with Gasteiger partial charge < -0.3 is 9.84 Å². The van der Waals surface area contributed by atoms with Crippen molar-refractivity contribution in [3.05, 3.63) is 11.7 Å². The topological polar surface area (TPSA) is 68.0 Å². The van der Waals surface area contributed by atoms with Crippen molar-refractivity contribution < 1.29 is 9.32 Å². The third-order valence-electron chi connectivity index (χ3n) is 1.27. The van der Waals surface area contributed by atoms with Gasteiger partial charge in [-0.3, -0.25) is 4.79 Å². The van der Waals surface area contributed by atoms with E-state index < -0.39 is 0 Å². The number of aromatic nitrogens is 2. The lowest BCUT2D eigenvalue weighted by atomic mass is 10.4. The molecule has 0 spiro atoms. The van der Waals surface area contributed by atoms with Gasteiger partial charge >= 0.3 is 0 Å². The zero-order valence-corrected chi connectivity index (χ0v) is 7.13. The van der Waals surface area contributed by atoms with Gasteiger partial charge in [-0.25, -0.2) is 0 Å². The molecule has 0 saturated carbocycles. The van der Waals surface area contributed by atoms with E-state index in [2.05, 4.69) is 20.0 Å². The highest BCUT2D eigenvalue weighted by atomic mass is 16.5. The van der Waals surface area contributed by atoms with Crippen LogP contribution in [0.15, 0.2) is 4.52 Å². The zero-order valence-electron chi connectivity index (χ0n) is 7.13. The van der Waals surface area contributed by atoms with E-state index in [9.17, 15) is 4.79 Å². The SMILES string of the molecule is CCCNC(=O)c1noc(C)n1. The second-order valence-corrected chi connectivity index (χ2v) is 2.39. The minimum atomic E-state index is -0.284. The summed E-state index contributed by atoms with van der Waals surface area (Å²) in [7, 11) is 0. The van der Waals surface area contributed by atoms with Gasteiger partial charge in [0.2, 0.25) is 5.89 Å². The minimum absolute atomic E-state index is 0.0981. The molecule has 0 bridgehead atoms. The zero-order chi connectivity index (χ0) is 8.97. The smallest absolute Gasteiger partial charge is 0.292 e. The van der Waals surface area contributed by atoms with Gasteiger partial charge in [0.25, 0.3) is 11.7 Å². The largest absolute Gasteiger partial charge is 0.349 e.